The van der Waals surface area contributed by atoms with Gasteiger partial charge in [0.25, 0.3) is 0 Å². The molecule has 3 heterocycles. The maximum Gasteiger partial charge on any atom is 0.327 e. The first-order valence-electron chi connectivity index (χ1n) is 8.42. The van der Waals surface area contributed by atoms with E-state index >= 15 is 0 Å². The van der Waals surface area contributed by atoms with Gasteiger partial charge in [-0.15, -0.1) is 0 Å². The molecule has 0 saturated heterocycles. The van der Waals surface area contributed by atoms with E-state index in [1.807, 2.05) is 17.0 Å². The molecule has 0 unspecified atom stereocenters. The van der Waals surface area contributed by atoms with Gasteiger partial charge in [-0.05, 0) is 31.2 Å². The molecule has 0 saturated carbocycles. The van der Waals surface area contributed by atoms with Crippen LogP contribution in [0.25, 0.3) is 0 Å². The first-order chi connectivity index (χ1) is 12.6. The molecule has 7 heteroatoms. The summed E-state index contributed by atoms with van der Waals surface area (Å²) in [5.74, 6) is -0.135. The second-order valence-corrected chi connectivity index (χ2v) is 7.44. The van der Waals surface area contributed by atoms with Gasteiger partial charge in [0.05, 0.1) is 18.6 Å². The van der Waals surface area contributed by atoms with Crippen molar-refractivity contribution in [3.8, 4) is 0 Å². The summed E-state index contributed by atoms with van der Waals surface area (Å²) < 4.78 is 5.92. The van der Waals surface area contributed by atoms with Crippen LogP contribution in [-0.4, -0.2) is 32.5 Å². The van der Waals surface area contributed by atoms with Crippen LogP contribution < -0.4 is 0 Å². The molecule has 6 nitrogen and oxygen atoms in total. The molecule has 2 N–H and O–H groups in total. The molecule has 134 valence electrons. The van der Waals surface area contributed by atoms with Gasteiger partial charge in [0.1, 0.15) is 5.76 Å². The molecule has 1 atom stereocenters. The maximum atomic E-state index is 11.8. The van der Waals surface area contributed by atoms with Crippen molar-refractivity contribution in [3.05, 3.63) is 65.4 Å². The van der Waals surface area contributed by atoms with Gasteiger partial charge >= 0.3 is 5.97 Å². The van der Waals surface area contributed by atoms with Crippen LogP contribution in [0.5, 0.6) is 0 Å². The zero-order chi connectivity index (χ0) is 18.1. The molecule has 0 fully saturated rings. The van der Waals surface area contributed by atoms with Crippen molar-refractivity contribution in [3.63, 3.8) is 0 Å². The Morgan fingerprint density at radius 3 is 2.92 bits per heavy atom. The van der Waals surface area contributed by atoms with Crippen LogP contribution in [0.3, 0.4) is 0 Å². The maximum absolute atomic E-state index is 11.8. The number of carboxylic acid groups (broad SMARTS) is 1. The highest BCUT2D eigenvalue weighted by atomic mass is 32.2. The molecule has 1 aliphatic rings. The largest absolute Gasteiger partial charge is 0.480 e. The number of benzene rings is 1. The fraction of sp³-hybridized carbons (Fsp3) is 0.263. The number of aliphatic carboxylic acids is 1. The van der Waals surface area contributed by atoms with Crippen LogP contribution in [0.4, 0.5) is 0 Å². The monoisotopic (exact) mass is 369 g/mol. The minimum absolute atomic E-state index is 0.442. The summed E-state index contributed by atoms with van der Waals surface area (Å²) in [5.41, 5.74) is 2.73. The molecule has 0 aliphatic carbocycles. The number of imidazole rings is 1. The van der Waals surface area contributed by atoms with E-state index in [0.717, 1.165) is 27.9 Å². The van der Waals surface area contributed by atoms with Crippen LogP contribution in [0.15, 0.2) is 57.1 Å². The number of furan rings is 1. The first kappa shape index (κ1) is 16.9. The summed E-state index contributed by atoms with van der Waals surface area (Å²) in [7, 11) is 0. The fourth-order valence-corrected chi connectivity index (χ4v) is 3.98. The lowest BCUT2D eigenvalue weighted by atomic mass is 10.0. The van der Waals surface area contributed by atoms with Gasteiger partial charge < -0.3 is 14.5 Å². The van der Waals surface area contributed by atoms with E-state index in [9.17, 15) is 9.90 Å². The van der Waals surface area contributed by atoms with Gasteiger partial charge in [-0.1, -0.05) is 29.5 Å². The van der Waals surface area contributed by atoms with Crippen molar-refractivity contribution >= 4 is 17.7 Å². The highest BCUT2D eigenvalue weighted by Gasteiger charge is 2.35. The lowest BCUT2D eigenvalue weighted by molar-refractivity contribution is -0.144. The quantitative estimate of drug-likeness (QED) is 0.714. The van der Waals surface area contributed by atoms with Crippen molar-refractivity contribution in [1.82, 2.24) is 14.9 Å². The summed E-state index contributed by atoms with van der Waals surface area (Å²) in [6, 6.07) is 11.4. The first-order valence-corrected chi connectivity index (χ1v) is 9.24. The standard InChI is InChI=1S/C19H19N3O3S/c1-12-2-5-14(6-3-12)26-16-7-4-13(25-16)10-22-9-8-15-17(21-11-20-15)18(22)19(23)24/h2-7,11,18H,8-10H2,1H3,(H,20,21)(H,23,24)/t18-/m1/s1. The van der Waals surface area contributed by atoms with E-state index in [0.29, 0.717) is 18.8 Å². The molecule has 0 radical (unpaired) electrons. The molecule has 0 amide bonds. The minimum Gasteiger partial charge on any atom is -0.480 e. The van der Waals surface area contributed by atoms with E-state index in [-0.39, 0.29) is 0 Å². The Bertz CT molecular complexity index is 916. The number of hydrogen-bond acceptors (Lipinski definition) is 5. The number of nitrogens with one attached hydrogen (secondary N) is 1. The lowest BCUT2D eigenvalue weighted by Gasteiger charge is -2.31. The third-order valence-electron chi connectivity index (χ3n) is 4.49. The zero-order valence-corrected chi connectivity index (χ0v) is 15.1. The van der Waals surface area contributed by atoms with E-state index in [1.54, 1.807) is 18.1 Å². The smallest absolute Gasteiger partial charge is 0.327 e. The second-order valence-electron chi connectivity index (χ2n) is 6.36. The fourth-order valence-electron chi connectivity index (χ4n) is 3.19. The number of nitrogens with zero attached hydrogens (tertiary/aromatic N) is 2. The highest BCUT2D eigenvalue weighted by Crippen LogP contribution is 2.32. The Kier molecular flexibility index (Phi) is 4.57. The number of rotatable bonds is 5. The van der Waals surface area contributed by atoms with Crippen LogP contribution in [-0.2, 0) is 17.8 Å². The third-order valence-corrected chi connectivity index (χ3v) is 5.42. The van der Waals surface area contributed by atoms with Crippen molar-refractivity contribution < 1.29 is 14.3 Å². The Morgan fingerprint density at radius 2 is 2.15 bits per heavy atom. The number of aromatic amines is 1. The summed E-state index contributed by atoms with van der Waals surface area (Å²) in [6.45, 7) is 3.15. The number of fused-ring (bicyclic) bond motifs is 1. The van der Waals surface area contributed by atoms with E-state index in [4.69, 9.17) is 4.42 Å². The Morgan fingerprint density at radius 1 is 1.35 bits per heavy atom. The van der Waals surface area contributed by atoms with Crippen molar-refractivity contribution in [2.24, 2.45) is 0 Å². The Labute approximate surface area is 155 Å². The predicted octanol–water partition coefficient (Wildman–Crippen LogP) is 3.65. The summed E-state index contributed by atoms with van der Waals surface area (Å²) in [4.78, 5) is 22.0. The molecular weight excluding hydrogens is 350 g/mol. The van der Waals surface area contributed by atoms with Gasteiger partial charge in [-0.3, -0.25) is 9.69 Å². The predicted molar refractivity (Wildman–Crippen MR) is 97.1 cm³/mol. The van der Waals surface area contributed by atoms with Crippen molar-refractivity contribution in [1.29, 1.82) is 0 Å². The van der Waals surface area contributed by atoms with E-state index < -0.39 is 12.0 Å². The average molecular weight is 369 g/mol. The van der Waals surface area contributed by atoms with Crippen molar-refractivity contribution in [2.75, 3.05) is 6.54 Å². The van der Waals surface area contributed by atoms with Crippen LogP contribution in [0, 0.1) is 6.92 Å². The topological polar surface area (TPSA) is 82.4 Å². The van der Waals surface area contributed by atoms with Gasteiger partial charge in [0.15, 0.2) is 11.1 Å². The number of carbonyl (C=O) groups is 1. The summed E-state index contributed by atoms with van der Waals surface area (Å²) >= 11 is 1.56. The molecule has 0 bridgehead atoms. The van der Waals surface area contributed by atoms with Gasteiger partial charge in [0.2, 0.25) is 0 Å². The molecule has 1 aliphatic heterocycles. The molecule has 0 spiro atoms. The molecule has 26 heavy (non-hydrogen) atoms. The number of aryl methyl sites for hydroxylation is 1. The normalized spacial score (nSPS) is 17.2. The molecule has 2 aromatic heterocycles. The number of H-pyrrole nitrogens is 1. The molecule has 4 rings (SSSR count). The Hall–Kier alpha value is -2.51. The SMILES string of the molecule is Cc1ccc(Sc2ccc(CN3CCc4[nH]cnc4[C@@H]3C(=O)O)o2)cc1. The zero-order valence-electron chi connectivity index (χ0n) is 14.3. The number of aromatic nitrogens is 2. The average Bonchev–Trinajstić information content (AvgIpc) is 3.25. The second kappa shape index (κ2) is 7.01. The highest BCUT2D eigenvalue weighted by molar-refractivity contribution is 7.99. The number of hydrogen-bond donors (Lipinski definition) is 2. The summed E-state index contributed by atoms with van der Waals surface area (Å²) in [5, 5.41) is 10.4. The van der Waals surface area contributed by atoms with Gasteiger partial charge in [-0.2, -0.15) is 0 Å². The van der Waals surface area contributed by atoms with Gasteiger partial charge in [0, 0.05) is 23.6 Å². The minimum atomic E-state index is -0.890. The van der Waals surface area contributed by atoms with Crippen LogP contribution >= 0.6 is 11.8 Å². The van der Waals surface area contributed by atoms with Crippen LogP contribution in [0.2, 0.25) is 0 Å². The lowest BCUT2D eigenvalue weighted by Crippen LogP contribution is -2.39. The van der Waals surface area contributed by atoms with E-state index in [1.165, 1.54) is 5.56 Å². The summed E-state index contributed by atoms with van der Waals surface area (Å²) in [6.07, 6.45) is 2.32. The molecular formula is C19H19N3O3S. The van der Waals surface area contributed by atoms with Crippen molar-refractivity contribution in [2.45, 2.75) is 35.9 Å². The van der Waals surface area contributed by atoms with Crippen LogP contribution in [0.1, 0.15) is 28.8 Å². The number of carboxylic acids is 1. The van der Waals surface area contributed by atoms with Gasteiger partial charge in [-0.25, -0.2) is 4.98 Å². The molecule has 3 aromatic rings. The Balaban J connectivity index is 1.48. The molecule has 1 aromatic carbocycles. The van der Waals surface area contributed by atoms with E-state index in [2.05, 4.69) is 41.2 Å². The third kappa shape index (κ3) is 3.40.